The van der Waals surface area contributed by atoms with Gasteiger partial charge in [0.25, 0.3) is 0 Å². The van der Waals surface area contributed by atoms with Crippen molar-refractivity contribution in [3.63, 3.8) is 0 Å². The first-order valence-electron chi connectivity index (χ1n) is 19.9. The van der Waals surface area contributed by atoms with Crippen molar-refractivity contribution < 1.29 is 33.4 Å². The number of carbonyl (C=O) groups excluding carboxylic acids is 5. The molecule has 14 heteroatoms. The van der Waals surface area contributed by atoms with Crippen molar-refractivity contribution in [2.75, 3.05) is 32.6 Å². The molecule has 4 atom stereocenters. The lowest BCUT2D eigenvalue weighted by molar-refractivity contribution is -0.139. The van der Waals surface area contributed by atoms with Crippen LogP contribution < -0.4 is 16.0 Å². The van der Waals surface area contributed by atoms with Crippen LogP contribution in [0.3, 0.4) is 0 Å². The summed E-state index contributed by atoms with van der Waals surface area (Å²) >= 11 is 0. The third-order valence-electron chi connectivity index (χ3n) is 10.9. The Morgan fingerprint density at radius 2 is 1.21 bits per heavy atom. The van der Waals surface area contributed by atoms with E-state index in [0.29, 0.717) is 37.4 Å². The molecule has 2 aliphatic rings. The lowest BCUT2D eigenvalue weighted by atomic mass is 9.99. The van der Waals surface area contributed by atoms with Gasteiger partial charge in [-0.3, -0.25) is 14.4 Å². The summed E-state index contributed by atoms with van der Waals surface area (Å²) in [4.78, 5) is 75.8. The van der Waals surface area contributed by atoms with Crippen LogP contribution in [0.25, 0.3) is 33.5 Å². The number of nitrogens with one attached hydrogen (secondary N) is 4. The van der Waals surface area contributed by atoms with Gasteiger partial charge < -0.3 is 40.2 Å². The van der Waals surface area contributed by atoms with Crippen LogP contribution in [0.2, 0.25) is 0 Å². The molecular formula is C44H53N7O7. The highest BCUT2D eigenvalue weighted by molar-refractivity contribution is 5.99. The van der Waals surface area contributed by atoms with E-state index in [1.165, 1.54) is 14.2 Å². The van der Waals surface area contributed by atoms with Gasteiger partial charge in [-0.2, -0.15) is 0 Å². The average molecular weight is 792 g/mol. The SMILES string of the molecule is COC(=O)N[C@H](C(=O)N1CCC[C@H]1C(=O)Nc1cccc(-c2ccc(-c3ccc(-c4cnc([C@@H]5CCCN5C(=O)[C@@H](NC(=O)OC)C(C)C)[nH]4)cc3)cc2)c1)C(C)C. The Kier molecular flexibility index (Phi) is 13.1. The molecule has 5 amide bonds. The third kappa shape index (κ3) is 9.33. The molecule has 58 heavy (non-hydrogen) atoms. The number of aromatic amines is 1. The van der Waals surface area contributed by atoms with Crippen LogP contribution in [0.5, 0.6) is 0 Å². The van der Waals surface area contributed by atoms with Gasteiger partial charge in [-0.1, -0.05) is 88.4 Å². The molecule has 0 unspecified atom stereocenters. The molecular weight excluding hydrogens is 739 g/mol. The zero-order valence-corrected chi connectivity index (χ0v) is 33.9. The maximum atomic E-state index is 13.5. The normalized spacial score (nSPS) is 17.5. The maximum absolute atomic E-state index is 13.5. The number of hydrogen-bond acceptors (Lipinski definition) is 8. The second kappa shape index (κ2) is 18.4. The Morgan fingerprint density at radius 1 is 0.690 bits per heavy atom. The summed E-state index contributed by atoms with van der Waals surface area (Å²) in [6.45, 7) is 8.49. The quantitative estimate of drug-likeness (QED) is 0.122. The Balaban J connectivity index is 1.09. The van der Waals surface area contributed by atoms with Gasteiger partial charge in [-0.25, -0.2) is 14.6 Å². The van der Waals surface area contributed by atoms with Gasteiger partial charge in [0.2, 0.25) is 17.7 Å². The lowest BCUT2D eigenvalue weighted by Gasteiger charge is -2.30. The molecule has 2 aliphatic heterocycles. The molecule has 14 nitrogen and oxygen atoms in total. The Labute approximate surface area is 339 Å². The molecule has 6 rings (SSSR count). The van der Waals surface area contributed by atoms with Crippen molar-refractivity contribution >= 4 is 35.6 Å². The molecule has 0 spiro atoms. The van der Waals surface area contributed by atoms with E-state index in [4.69, 9.17) is 9.47 Å². The highest BCUT2D eigenvalue weighted by atomic mass is 16.5. The Hall–Kier alpha value is -6.18. The second-order valence-corrected chi connectivity index (χ2v) is 15.5. The molecule has 4 N–H and O–H groups in total. The number of hydrogen-bond donors (Lipinski definition) is 4. The highest BCUT2D eigenvalue weighted by Gasteiger charge is 2.39. The van der Waals surface area contributed by atoms with Gasteiger partial charge in [-0.15, -0.1) is 0 Å². The first kappa shape index (κ1) is 41.5. The number of benzene rings is 3. The third-order valence-corrected chi connectivity index (χ3v) is 10.9. The van der Waals surface area contributed by atoms with Crippen LogP contribution in [0.1, 0.15) is 65.2 Å². The number of nitrogens with zero attached hydrogens (tertiary/aromatic N) is 3. The zero-order valence-electron chi connectivity index (χ0n) is 33.9. The van der Waals surface area contributed by atoms with Crippen LogP contribution in [-0.2, 0) is 23.9 Å². The van der Waals surface area contributed by atoms with Crippen LogP contribution in [0, 0.1) is 11.8 Å². The number of likely N-dealkylation sites (tertiary alicyclic amines) is 2. The summed E-state index contributed by atoms with van der Waals surface area (Å²) in [5.74, 6) is -0.305. The number of anilines is 1. The number of imidazole rings is 1. The topological polar surface area (TPSA) is 175 Å². The number of methoxy groups -OCH3 is 2. The fraction of sp³-hybridized carbons (Fsp3) is 0.409. The molecule has 306 valence electrons. The maximum Gasteiger partial charge on any atom is 0.407 e. The van der Waals surface area contributed by atoms with Crippen LogP contribution >= 0.6 is 0 Å². The van der Waals surface area contributed by atoms with Crippen molar-refractivity contribution in [3.8, 4) is 33.5 Å². The predicted octanol–water partition coefficient (Wildman–Crippen LogP) is 6.76. The minimum atomic E-state index is -0.800. The van der Waals surface area contributed by atoms with Crippen molar-refractivity contribution in [2.45, 2.75) is 77.5 Å². The van der Waals surface area contributed by atoms with E-state index in [-0.39, 0.29) is 35.6 Å². The summed E-state index contributed by atoms with van der Waals surface area (Å²) in [5.41, 5.74) is 6.42. The molecule has 2 fully saturated rings. The highest BCUT2D eigenvalue weighted by Crippen LogP contribution is 2.34. The van der Waals surface area contributed by atoms with Gasteiger partial charge >= 0.3 is 12.2 Å². The Bertz CT molecular complexity index is 2100. The van der Waals surface area contributed by atoms with Crippen molar-refractivity contribution in [3.05, 3.63) is 84.8 Å². The summed E-state index contributed by atoms with van der Waals surface area (Å²) < 4.78 is 9.46. The molecule has 2 saturated heterocycles. The first-order valence-corrected chi connectivity index (χ1v) is 19.9. The van der Waals surface area contributed by atoms with Crippen molar-refractivity contribution in [2.24, 2.45) is 11.8 Å². The van der Waals surface area contributed by atoms with Crippen LogP contribution in [0.4, 0.5) is 15.3 Å². The largest absolute Gasteiger partial charge is 0.453 e. The minimum Gasteiger partial charge on any atom is -0.453 e. The van der Waals surface area contributed by atoms with Crippen LogP contribution in [0.15, 0.2) is 79.0 Å². The number of alkyl carbamates (subject to hydrolysis) is 2. The number of amides is 5. The molecule has 4 aromatic rings. The number of rotatable bonds is 12. The van der Waals surface area contributed by atoms with Gasteiger partial charge in [0, 0.05) is 18.8 Å². The number of H-pyrrole nitrogens is 1. The number of ether oxygens (including phenoxy) is 2. The first-order chi connectivity index (χ1) is 27.9. The molecule has 0 radical (unpaired) electrons. The van der Waals surface area contributed by atoms with E-state index < -0.39 is 30.3 Å². The van der Waals surface area contributed by atoms with Crippen molar-refractivity contribution in [1.82, 2.24) is 30.4 Å². The minimum absolute atomic E-state index is 0.112. The molecule has 3 heterocycles. The van der Waals surface area contributed by atoms with E-state index in [1.54, 1.807) is 16.0 Å². The molecule has 0 saturated carbocycles. The average Bonchev–Trinajstić information content (AvgIpc) is 4.03. The lowest BCUT2D eigenvalue weighted by Crippen LogP contribution is -2.54. The summed E-state index contributed by atoms with van der Waals surface area (Å²) in [5, 5.41) is 8.31. The van der Waals surface area contributed by atoms with E-state index >= 15 is 0 Å². The van der Waals surface area contributed by atoms with Gasteiger partial charge in [0.05, 0.1) is 32.2 Å². The standard InChI is InChI=1S/C44H53N7O7/c1-26(2)37(48-43(55)57-5)41(53)50-22-8-12-35(50)39-45-25-34(47-39)31-20-18-29(19-21-31)28-14-16-30(17-15-28)32-10-7-11-33(24-32)46-40(52)36-13-9-23-51(36)42(54)38(27(3)4)49-44(56)58-6/h7,10-11,14-21,24-27,35-38H,8-9,12-13,22-23H2,1-6H3,(H,45,47)(H,46,52)(H,48,55)(H,49,56)/t35-,36-,37-,38-/m0/s1. The second-order valence-electron chi connectivity index (χ2n) is 15.5. The smallest absolute Gasteiger partial charge is 0.407 e. The van der Waals surface area contributed by atoms with E-state index in [9.17, 15) is 24.0 Å². The van der Waals surface area contributed by atoms with E-state index in [1.807, 2.05) is 76.2 Å². The van der Waals surface area contributed by atoms with Gasteiger partial charge in [0.15, 0.2) is 0 Å². The Morgan fingerprint density at radius 3 is 1.78 bits per heavy atom. The fourth-order valence-corrected chi connectivity index (χ4v) is 7.73. The summed E-state index contributed by atoms with van der Waals surface area (Å²) in [6.07, 6.45) is 3.31. The predicted molar refractivity (Wildman–Crippen MR) is 220 cm³/mol. The van der Waals surface area contributed by atoms with Crippen molar-refractivity contribution in [1.29, 1.82) is 0 Å². The van der Waals surface area contributed by atoms with E-state index in [0.717, 1.165) is 46.4 Å². The number of aromatic nitrogens is 2. The van der Waals surface area contributed by atoms with E-state index in [2.05, 4.69) is 50.2 Å². The molecule has 3 aromatic carbocycles. The summed E-state index contributed by atoms with van der Waals surface area (Å²) in [6, 6.07) is 21.7. The van der Waals surface area contributed by atoms with Gasteiger partial charge in [-0.05, 0) is 77.5 Å². The molecule has 1 aromatic heterocycles. The van der Waals surface area contributed by atoms with Gasteiger partial charge in [0.1, 0.15) is 23.9 Å². The fourth-order valence-electron chi connectivity index (χ4n) is 7.73. The zero-order chi connectivity index (χ0) is 41.5. The molecule has 0 bridgehead atoms. The number of carbonyl (C=O) groups is 5. The monoisotopic (exact) mass is 791 g/mol. The van der Waals surface area contributed by atoms with Crippen LogP contribution in [-0.4, -0.2) is 95.1 Å². The summed E-state index contributed by atoms with van der Waals surface area (Å²) in [7, 11) is 2.53. The molecule has 0 aliphatic carbocycles.